The van der Waals surface area contributed by atoms with Gasteiger partial charge in [0, 0.05) is 24.8 Å². The number of aryl methyl sites for hydroxylation is 1. The van der Waals surface area contributed by atoms with Gasteiger partial charge in [0.1, 0.15) is 0 Å². The van der Waals surface area contributed by atoms with Gasteiger partial charge in [0.2, 0.25) is 5.69 Å². The second-order valence-electron chi connectivity index (χ2n) is 4.10. The third-order valence-electron chi connectivity index (χ3n) is 2.78. The van der Waals surface area contributed by atoms with Crippen LogP contribution in [-0.2, 0) is 13.1 Å². The molecular weight excluding hydrogens is 280 g/mol. The number of hydrogen-bond donors (Lipinski definition) is 2. The highest BCUT2D eigenvalue weighted by Gasteiger charge is 2.29. The molecule has 0 aliphatic rings. The molecule has 0 aliphatic carbocycles. The Bertz CT molecular complexity index is 661. The summed E-state index contributed by atoms with van der Waals surface area (Å²) >= 11 is 0. The Morgan fingerprint density at radius 2 is 2.38 bits per heavy atom. The number of nitro groups is 1. The average molecular weight is 294 g/mol. The van der Waals surface area contributed by atoms with Gasteiger partial charge < -0.3 is 10.1 Å². The minimum atomic E-state index is -0.716. The smallest absolute Gasteiger partial charge is 0.362 e. The number of methoxy groups -OCH3 is 1. The van der Waals surface area contributed by atoms with E-state index in [1.54, 1.807) is 17.1 Å². The largest absolute Gasteiger partial charge is 0.475 e. The van der Waals surface area contributed by atoms with E-state index in [2.05, 4.69) is 20.6 Å². The van der Waals surface area contributed by atoms with Gasteiger partial charge in [-0.3, -0.25) is 24.7 Å². The number of carbonyl (C=O) groups is 1. The maximum Gasteiger partial charge on any atom is 0.362 e. The lowest BCUT2D eigenvalue weighted by atomic mass is 10.3. The average Bonchev–Trinajstić information content (AvgIpc) is 3.10. The summed E-state index contributed by atoms with van der Waals surface area (Å²) < 4.78 is 6.45. The van der Waals surface area contributed by atoms with E-state index in [1.165, 1.54) is 7.11 Å². The van der Waals surface area contributed by atoms with Crippen molar-refractivity contribution >= 4 is 11.6 Å². The zero-order valence-electron chi connectivity index (χ0n) is 11.5. The first-order valence-electron chi connectivity index (χ1n) is 6.13. The van der Waals surface area contributed by atoms with Crippen LogP contribution >= 0.6 is 0 Å². The fourth-order valence-corrected chi connectivity index (χ4v) is 1.73. The summed E-state index contributed by atoms with van der Waals surface area (Å²) in [7, 11) is 1.24. The molecule has 2 aromatic heterocycles. The molecule has 0 bridgehead atoms. The summed E-state index contributed by atoms with van der Waals surface area (Å²) in [6, 6.07) is 0. The van der Waals surface area contributed by atoms with Crippen molar-refractivity contribution < 1.29 is 14.5 Å². The molecule has 2 N–H and O–H groups in total. The van der Waals surface area contributed by atoms with Gasteiger partial charge in [-0.15, -0.1) is 5.10 Å². The monoisotopic (exact) mass is 294 g/mol. The number of carbonyl (C=O) groups excluding carboxylic acids is 1. The second kappa shape index (κ2) is 6.03. The number of hydrogen-bond acceptors (Lipinski definition) is 6. The van der Waals surface area contributed by atoms with Gasteiger partial charge in [0.15, 0.2) is 0 Å². The molecule has 0 saturated heterocycles. The van der Waals surface area contributed by atoms with E-state index in [-0.39, 0.29) is 18.1 Å². The summed E-state index contributed by atoms with van der Waals surface area (Å²) in [6.45, 7) is 2.87. The number of H-pyrrole nitrogens is 1. The van der Waals surface area contributed by atoms with E-state index in [1.807, 2.05) is 6.92 Å². The Kier molecular flexibility index (Phi) is 4.16. The molecule has 0 spiro atoms. The number of ether oxygens (including phenoxy) is 1. The molecule has 0 saturated carbocycles. The van der Waals surface area contributed by atoms with E-state index < -0.39 is 16.5 Å². The van der Waals surface area contributed by atoms with Crippen LogP contribution in [0.15, 0.2) is 12.4 Å². The number of aromatic nitrogens is 4. The van der Waals surface area contributed by atoms with Crippen LogP contribution in [0.2, 0.25) is 0 Å². The molecule has 0 atom stereocenters. The molecule has 0 unspecified atom stereocenters. The summed E-state index contributed by atoms with van der Waals surface area (Å²) in [5.74, 6) is -0.870. The molecule has 0 aromatic carbocycles. The molecule has 2 rings (SSSR count). The SMILES string of the molecule is CCn1cc(CNC(=O)c2[nH]nc(OC)c2[N+](=O)[O-])cn1. The van der Waals surface area contributed by atoms with E-state index in [0.717, 1.165) is 12.1 Å². The normalized spacial score (nSPS) is 10.4. The van der Waals surface area contributed by atoms with Crippen molar-refractivity contribution in [3.05, 3.63) is 33.8 Å². The minimum absolute atomic E-state index is 0.206. The van der Waals surface area contributed by atoms with Crippen LogP contribution in [0.1, 0.15) is 23.0 Å². The number of nitrogens with zero attached hydrogens (tertiary/aromatic N) is 4. The van der Waals surface area contributed by atoms with Crippen LogP contribution in [0.5, 0.6) is 5.88 Å². The first kappa shape index (κ1) is 14.5. The van der Waals surface area contributed by atoms with Crippen molar-refractivity contribution in [1.82, 2.24) is 25.3 Å². The molecular formula is C11H14N6O4. The fraction of sp³-hybridized carbons (Fsp3) is 0.364. The molecule has 0 aliphatic heterocycles. The predicted molar refractivity (Wildman–Crippen MR) is 70.9 cm³/mol. The number of aromatic amines is 1. The molecule has 2 aromatic rings. The Labute approximate surface area is 119 Å². The van der Waals surface area contributed by atoms with Crippen LogP contribution in [0, 0.1) is 10.1 Å². The predicted octanol–water partition coefficient (Wildman–Crippen LogP) is 0.473. The lowest BCUT2D eigenvalue weighted by molar-refractivity contribution is -0.386. The van der Waals surface area contributed by atoms with Crippen molar-refractivity contribution in [2.75, 3.05) is 7.11 Å². The maximum atomic E-state index is 12.0. The minimum Gasteiger partial charge on any atom is -0.475 e. The highest BCUT2D eigenvalue weighted by Crippen LogP contribution is 2.27. The highest BCUT2D eigenvalue weighted by atomic mass is 16.6. The van der Waals surface area contributed by atoms with E-state index in [4.69, 9.17) is 4.74 Å². The Hall–Kier alpha value is -2.91. The first-order chi connectivity index (χ1) is 10.1. The Balaban J connectivity index is 2.10. The fourth-order valence-electron chi connectivity index (χ4n) is 1.73. The van der Waals surface area contributed by atoms with Gasteiger partial charge in [-0.1, -0.05) is 0 Å². The quantitative estimate of drug-likeness (QED) is 0.588. The summed E-state index contributed by atoms with van der Waals surface area (Å²) in [5.41, 5.74) is 0.0540. The number of amides is 1. The van der Waals surface area contributed by atoms with Crippen molar-refractivity contribution in [3.8, 4) is 5.88 Å². The van der Waals surface area contributed by atoms with Crippen LogP contribution in [0.3, 0.4) is 0 Å². The number of rotatable bonds is 6. The van der Waals surface area contributed by atoms with Crippen LogP contribution in [-0.4, -0.2) is 37.9 Å². The van der Waals surface area contributed by atoms with Gasteiger partial charge >= 0.3 is 11.6 Å². The highest BCUT2D eigenvalue weighted by molar-refractivity contribution is 5.96. The van der Waals surface area contributed by atoms with Gasteiger partial charge in [-0.25, -0.2) is 0 Å². The molecule has 10 nitrogen and oxygen atoms in total. The maximum absolute atomic E-state index is 12.0. The Morgan fingerprint density at radius 3 is 2.95 bits per heavy atom. The molecule has 21 heavy (non-hydrogen) atoms. The Morgan fingerprint density at radius 1 is 1.62 bits per heavy atom. The molecule has 0 fully saturated rings. The van der Waals surface area contributed by atoms with Crippen LogP contribution < -0.4 is 10.1 Å². The van der Waals surface area contributed by atoms with E-state index in [9.17, 15) is 14.9 Å². The first-order valence-corrected chi connectivity index (χ1v) is 6.13. The van der Waals surface area contributed by atoms with Crippen LogP contribution in [0.4, 0.5) is 5.69 Å². The van der Waals surface area contributed by atoms with Crippen molar-refractivity contribution in [2.45, 2.75) is 20.0 Å². The van der Waals surface area contributed by atoms with E-state index >= 15 is 0 Å². The number of nitrogens with one attached hydrogen (secondary N) is 2. The van der Waals surface area contributed by atoms with Gasteiger partial charge in [-0.05, 0) is 6.92 Å². The molecule has 112 valence electrons. The van der Waals surface area contributed by atoms with Gasteiger partial charge in [0.05, 0.1) is 18.2 Å². The van der Waals surface area contributed by atoms with Crippen molar-refractivity contribution in [1.29, 1.82) is 0 Å². The third-order valence-corrected chi connectivity index (χ3v) is 2.78. The van der Waals surface area contributed by atoms with Gasteiger partial charge in [0.25, 0.3) is 5.91 Å². The molecule has 10 heteroatoms. The van der Waals surface area contributed by atoms with E-state index in [0.29, 0.717) is 0 Å². The second-order valence-corrected chi connectivity index (χ2v) is 4.10. The molecule has 2 heterocycles. The zero-order valence-corrected chi connectivity index (χ0v) is 11.5. The zero-order chi connectivity index (χ0) is 15.4. The standard InChI is InChI=1S/C11H14N6O4/c1-3-16-6-7(5-13-16)4-12-10(18)8-9(17(19)20)11(21-2)15-14-8/h5-6H,3-4H2,1-2H3,(H,12,18)(H,14,15). The topological polar surface area (TPSA) is 128 Å². The molecule has 0 radical (unpaired) electrons. The lowest BCUT2D eigenvalue weighted by Crippen LogP contribution is -2.23. The summed E-state index contributed by atoms with van der Waals surface area (Å²) in [4.78, 5) is 22.2. The molecule has 1 amide bonds. The van der Waals surface area contributed by atoms with Crippen molar-refractivity contribution in [2.24, 2.45) is 0 Å². The summed E-state index contributed by atoms with van der Waals surface area (Å²) in [5, 5.41) is 23.5. The third kappa shape index (κ3) is 2.99. The summed E-state index contributed by atoms with van der Waals surface area (Å²) in [6.07, 6.45) is 3.40. The lowest BCUT2D eigenvalue weighted by Gasteiger charge is -2.01. The van der Waals surface area contributed by atoms with Crippen molar-refractivity contribution in [3.63, 3.8) is 0 Å². The van der Waals surface area contributed by atoms with Crippen LogP contribution in [0.25, 0.3) is 0 Å². The van der Waals surface area contributed by atoms with Gasteiger partial charge in [-0.2, -0.15) is 5.10 Å².